The maximum Gasteiger partial charge on any atom is 0.123 e. The molecule has 1 heterocycles. The summed E-state index contributed by atoms with van der Waals surface area (Å²) in [4.78, 5) is 10.4. The molecule has 62 valence electrons. The first-order valence-corrected chi connectivity index (χ1v) is 3.74. The largest absolute Gasteiger partial charge is 0.545 e. The minimum Gasteiger partial charge on any atom is -0.545 e. The molecule has 3 heteroatoms. The second kappa shape index (κ2) is 2.52. The lowest BCUT2D eigenvalue weighted by Crippen LogP contribution is -2.22. The SMILES string of the molecule is O=C([O-])c1ccc2c(c1)OCC2. The first-order valence-electron chi connectivity index (χ1n) is 3.74. The maximum atomic E-state index is 10.4. The van der Waals surface area contributed by atoms with E-state index in [0.717, 1.165) is 12.0 Å². The van der Waals surface area contributed by atoms with Crippen LogP contribution in [0.25, 0.3) is 0 Å². The summed E-state index contributed by atoms with van der Waals surface area (Å²) in [5.74, 6) is -0.481. The third-order valence-electron chi connectivity index (χ3n) is 1.93. The Balaban J connectivity index is 2.45. The van der Waals surface area contributed by atoms with Crippen molar-refractivity contribution in [3.8, 4) is 5.75 Å². The molecule has 1 aliphatic heterocycles. The highest BCUT2D eigenvalue weighted by Crippen LogP contribution is 2.25. The minimum atomic E-state index is -1.16. The monoisotopic (exact) mass is 163 g/mol. The average molecular weight is 163 g/mol. The van der Waals surface area contributed by atoms with E-state index < -0.39 is 5.97 Å². The molecule has 2 rings (SSSR count). The van der Waals surface area contributed by atoms with Gasteiger partial charge in [0.25, 0.3) is 0 Å². The van der Waals surface area contributed by atoms with Gasteiger partial charge in [0.15, 0.2) is 0 Å². The van der Waals surface area contributed by atoms with Gasteiger partial charge in [-0.25, -0.2) is 0 Å². The van der Waals surface area contributed by atoms with Crippen molar-refractivity contribution in [2.45, 2.75) is 6.42 Å². The van der Waals surface area contributed by atoms with Crippen LogP contribution in [0, 0.1) is 0 Å². The minimum absolute atomic E-state index is 0.177. The van der Waals surface area contributed by atoms with Crippen molar-refractivity contribution in [3.63, 3.8) is 0 Å². The molecule has 0 aliphatic carbocycles. The average Bonchev–Trinajstić information content (AvgIpc) is 2.49. The van der Waals surface area contributed by atoms with Gasteiger partial charge in [-0.1, -0.05) is 12.1 Å². The fourth-order valence-electron chi connectivity index (χ4n) is 1.29. The quantitative estimate of drug-likeness (QED) is 0.584. The molecule has 0 radical (unpaired) electrons. The Morgan fingerprint density at radius 3 is 3.08 bits per heavy atom. The van der Waals surface area contributed by atoms with Gasteiger partial charge in [0.1, 0.15) is 5.75 Å². The lowest BCUT2D eigenvalue weighted by molar-refractivity contribution is -0.255. The van der Waals surface area contributed by atoms with Crippen LogP contribution in [0.3, 0.4) is 0 Å². The van der Waals surface area contributed by atoms with E-state index in [0.29, 0.717) is 12.4 Å². The molecular weight excluding hydrogens is 156 g/mol. The van der Waals surface area contributed by atoms with Gasteiger partial charge in [-0.15, -0.1) is 0 Å². The molecule has 0 saturated heterocycles. The first-order chi connectivity index (χ1) is 5.77. The Morgan fingerprint density at radius 2 is 2.33 bits per heavy atom. The van der Waals surface area contributed by atoms with Crippen LogP contribution in [0.4, 0.5) is 0 Å². The molecule has 3 nitrogen and oxygen atoms in total. The highest BCUT2D eigenvalue weighted by molar-refractivity contribution is 5.86. The number of benzene rings is 1. The smallest absolute Gasteiger partial charge is 0.123 e. The van der Waals surface area contributed by atoms with Crippen LogP contribution < -0.4 is 9.84 Å². The number of carboxylic acids is 1. The topological polar surface area (TPSA) is 49.4 Å². The molecule has 0 N–H and O–H groups in total. The number of hydrogen-bond donors (Lipinski definition) is 0. The second-order valence-corrected chi connectivity index (χ2v) is 2.71. The van der Waals surface area contributed by atoms with Gasteiger partial charge >= 0.3 is 0 Å². The van der Waals surface area contributed by atoms with E-state index in [9.17, 15) is 9.90 Å². The number of carboxylic acid groups (broad SMARTS) is 1. The predicted molar refractivity (Wildman–Crippen MR) is 40.0 cm³/mol. The van der Waals surface area contributed by atoms with E-state index >= 15 is 0 Å². The van der Waals surface area contributed by atoms with E-state index in [-0.39, 0.29) is 5.56 Å². The van der Waals surface area contributed by atoms with Crippen LogP contribution >= 0.6 is 0 Å². The van der Waals surface area contributed by atoms with Crippen LogP contribution in [0.1, 0.15) is 15.9 Å². The van der Waals surface area contributed by atoms with Crippen molar-refractivity contribution >= 4 is 5.97 Å². The Kier molecular flexibility index (Phi) is 1.50. The molecular formula is C9H7O3-. The number of carbonyl (C=O) groups excluding carboxylic acids is 1. The third-order valence-corrected chi connectivity index (χ3v) is 1.93. The normalized spacial score (nSPS) is 13.7. The summed E-state index contributed by atoms with van der Waals surface area (Å²) in [6, 6.07) is 4.83. The molecule has 1 aliphatic rings. The lowest BCUT2D eigenvalue weighted by Gasteiger charge is -2.04. The summed E-state index contributed by atoms with van der Waals surface area (Å²) in [7, 11) is 0. The van der Waals surface area contributed by atoms with E-state index in [1.165, 1.54) is 6.07 Å². The summed E-state index contributed by atoms with van der Waals surface area (Å²) >= 11 is 0. The number of carbonyl (C=O) groups is 1. The van der Waals surface area contributed by atoms with Gasteiger partial charge in [0.05, 0.1) is 12.6 Å². The number of ether oxygens (including phenoxy) is 1. The standard InChI is InChI=1S/C9H8O3/c10-9(11)7-2-1-6-3-4-12-8(6)5-7/h1-2,5H,3-4H2,(H,10,11)/p-1. The molecule has 0 spiro atoms. The zero-order valence-corrected chi connectivity index (χ0v) is 6.37. The van der Waals surface area contributed by atoms with Crippen molar-refractivity contribution in [2.75, 3.05) is 6.61 Å². The molecule has 0 unspecified atom stereocenters. The Hall–Kier alpha value is -1.51. The van der Waals surface area contributed by atoms with E-state index in [4.69, 9.17) is 4.74 Å². The number of aromatic carboxylic acids is 1. The van der Waals surface area contributed by atoms with Crippen molar-refractivity contribution in [1.82, 2.24) is 0 Å². The maximum absolute atomic E-state index is 10.4. The predicted octanol–water partition coefficient (Wildman–Crippen LogP) is -0.0150. The molecule has 0 saturated carbocycles. The van der Waals surface area contributed by atoms with Crippen LogP contribution in [-0.2, 0) is 6.42 Å². The first kappa shape index (κ1) is 7.16. The third kappa shape index (κ3) is 1.03. The Labute approximate surface area is 69.6 Å². The van der Waals surface area contributed by atoms with Gasteiger partial charge in [0.2, 0.25) is 0 Å². The van der Waals surface area contributed by atoms with Gasteiger partial charge < -0.3 is 14.6 Å². The number of rotatable bonds is 1. The summed E-state index contributed by atoms with van der Waals surface area (Å²) in [6.07, 6.45) is 0.864. The number of hydrogen-bond acceptors (Lipinski definition) is 3. The van der Waals surface area contributed by atoms with Crippen LogP contribution in [0.5, 0.6) is 5.75 Å². The summed E-state index contributed by atoms with van der Waals surface area (Å²) < 4.78 is 5.20. The van der Waals surface area contributed by atoms with E-state index in [1.54, 1.807) is 12.1 Å². The molecule has 0 amide bonds. The highest BCUT2D eigenvalue weighted by atomic mass is 16.5. The zero-order chi connectivity index (χ0) is 8.55. The number of fused-ring (bicyclic) bond motifs is 1. The summed E-state index contributed by atoms with van der Waals surface area (Å²) in [5, 5.41) is 10.4. The van der Waals surface area contributed by atoms with Crippen molar-refractivity contribution in [3.05, 3.63) is 29.3 Å². The van der Waals surface area contributed by atoms with Crippen molar-refractivity contribution in [2.24, 2.45) is 0 Å². The fourth-order valence-corrected chi connectivity index (χ4v) is 1.29. The summed E-state index contributed by atoms with van der Waals surface area (Å²) in [6.45, 7) is 0.645. The van der Waals surface area contributed by atoms with Gasteiger partial charge in [-0.3, -0.25) is 0 Å². The van der Waals surface area contributed by atoms with Gasteiger partial charge in [0, 0.05) is 12.0 Å². The van der Waals surface area contributed by atoms with Gasteiger partial charge in [-0.2, -0.15) is 0 Å². The Bertz CT molecular complexity index is 331. The Morgan fingerprint density at radius 1 is 1.50 bits per heavy atom. The van der Waals surface area contributed by atoms with Gasteiger partial charge in [-0.05, 0) is 11.6 Å². The highest BCUT2D eigenvalue weighted by Gasteiger charge is 2.11. The summed E-state index contributed by atoms with van der Waals surface area (Å²) in [5.41, 5.74) is 1.25. The fraction of sp³-hybridized carbons (Fsp3) is 0.222. The molecule has 1 aromatic rings. The molecule has 1 aromatic carbocycles. The molecule has 0 bridgehead atoms. The second-order valence-electron chi connectivity index (χ2n) is 2.71. The molecule has 0 aromatic heterocycles. The van der Waals surface area contributed by atoms with E-state index in [1.807, 2.05) is 0 Å². The zero-order valence-electron chi connectivity index (χ0n) is 6.37. The molecule has 0 fully saturated rings. The van der Waals surface area contributed by atoms with E-state index in [2.05, 4.69) is 0 Å². The van der Waals surface area contributed by atoms with Crippen molar-refractivity contribution < 1.29 is 14.6 Å². The molecule has 0 atom stereocenters. The molecule has 12 heavy (non-hydrogen) atoms. The van der Waals surface area contributed by atoms with Crippen LogP contribution in [0.15, 0.2) is 18.2 Å². The lowest BCUT2D eigenvalue weighted by atomic mass is 10.1. The van der Waals surface area contributed by atoms with Crippen molar-refractivity contribution in [1.29, 1.82) is 0 Å². The van der Waals surface area contributed by atoms with Crippen LogP contribution in [0.2, 0.25) is 0 Å². The van der Waals surface area contributed by atoms with Crippen LogP contribution in [-0.4, -0.2) is 12.6 Å².